The van der Waals surface area contributed by atoms with E-state index in [1.54, 1.807) is 26.0 Å². The minimum atomic E-state index is -0.453. The molecule has 2 aromatic rings. The molecule has 26 heavy (non-hydrogen) atoms. The van der Waals surface area contributed by atoms with Crippen molar-refractivity contribution in [3.8, 4) is 5.40 Å². The number of hydrogen-bond donors (Lipinski definition) is 1. The maximum atomic E-state index is 12.3. The van der Waals surface area contributed by atoms with Crippen LogP contribution in [0.1, 0.15) is 22.2 Å². The summed E-state index contributed by atoms with van der Waals surface area (Å²) in [7, 11) is 0. The van der Waals surface area contributed by atoms with Gasteiger partial charge in [0, 0.05) is 9.92 Å². The van der Waals surface area contributed by atoms with Gasteiger partial charge in [-0.15, -0.1) is 23.1 Å². The number of carbonyl (C=O) groups is 2. The first kappa shape index (κ1) is 20.6. The van der Waals surface area contributed by atoms with Crippen LogP contribution in [0, 0.1) is 17.6 Å². The van der Waals surface area contributed by atoms with E-state index in [4.69, 9.17) is 21.6 Å². The van der Waals surface area contributed by atoms with Crippen LogP contribution in [0.5, 0.6) is 0 Å². The smallest absolute Gasteiger partial charge is 0.348 e. The number of anilines is 1. The summed E-state index contributed by atoms with van der Waals surface area (Å²) in [6.45, 7) is 3.72. The second-order valence-corrected chi connectivity index (χ2v) is 8.22. The first-order valence-electron chi connectivity index (χ1n) is 7.50. The molecule has 0 aliphatic rings. The zero-order chi connectivity index (χ0) is 19.1. The van der Waals surface area contributed by atoms with E-state index in [0.717, 1.165) is 28.0 Å². The highest BCUT2D eigenvalue weighted by molar-refractivity contribution is 8.04. The lowest BCUT2D eigenvalue weighted by Gasteiger charge is -2.05. The second kappa shape index (κ2) is 9.88. The fourth-order valence-corrected chi connectivity index (χ4v) is 4.62. The second-order valence-electron chi connectivity index (χ2n) is 4.92. The monoisotopic (exact) mass is 426 g/mol. The number of halogens is 1. The summed E-state index contributed by atoms with van der Waals surface area (Å²) in [5.74, 6) is -0.475. The number of nitrogens with one attached hydrogen (secondary N) is 1. The summed E-state index contributed by atoms with van der Waals surface area (Å²) in [6.07, 6.45) is 0. The van der Waals surface area contributed by atoms with Crippen LogP contribution in [-0.4, -0.2) is 24.2 Å². The lowest BCUT2D eigenvalue weighted by atomic mass is 10.3. The normalized spacial score (nSPS) is 10.2. The lowest BCUT2D eigenvalue weighted by Crippen LogP contribution is -2.13. The van der Waals surface area contributed by atoms with E-state index >= 15 is 0 Å². The zero-order valence-electron chi connectivity index (χ0n) is 14.0. The Morgan fingerprint density at radius 3 is 2.65 bits per heavy atom. The molecule has 1 heterocycles. The molecule has 1 N–H and O–H groups in total. The van der Waals surface area contributed by atoms with Crippen LogP contribution >= 0.6 is 46.5 Å². The van der Waals surface area contributed by atoms with Gasteiger partial charge in [-0.25, -0.2) is 4.79 Å². The van der Waals surface area contributed by atoms with Crippen molar-refractivity contribution in [2.75, 3.05) is 17.7 Å². The molecule has 0 bridgehead atoms. The molecule has 5 nitrogen and oxygen atoms in total. The number of rotatable bonds is 7. The summed E-state index contributed by atoms with van der Waals surface area (Å²) >= 11 is 9.25. The minimum absolute atomic E-state index is 0.198. The Morgan fingerprint density at radius 2 is 2.04 bits per heavy atom. The van der Waals surface area contributed by atoms with Gasteiger partial charge >= 0.3 is 5.97 Å². The maximum absolute atomic E-state index is 12.3. The third kappa shape index (κ3) is 5.42. The Balaban J connectivity index is 2.10. The number of esters is 1. The van der Waals surface area contributed by atoms with Gasteiger partial charge in [-0.3, -0.25) is 4.79 Å². The van der Waals surface area contributed by atoms with Crippen LogP contribution in [0.4, 0.5) is 5.00 Å². The molecule has 0 fully saturated rings. The highest BCUT2D eigenvalue weighted by atomic mass is 35.5. The molecule has 136 valence electrons. The number of benzene rings is 1. The first-order chi connectivity index (χ1) is 12.5. The number of thiophene rings is 1. The van der Waals surface area contributed by atoms with E-state index in [-0.39, 0.29) is 18.3 Å². The molecule has 1 aromatic heterocycles. The molecule has 0 radical (unpaired) electrons. The van der Waals surface area contributed by atoms with Gasteiger partial charge in [-0.05, 0) is 55.4 Å². The Kier molecular flexibility index (Phi) is 7.85. The maximum Gasteiger partial charge on any atom is 0.348 e. The quantitative estimate of drug-likeness (QED) is 0.373. The van der Waals surface area contributed by atoms with Crippen LogP contribution in [0.15, 0.2) is 34.1 Å². The molecule has 0 aliphatic heterocycles. The molecule has 0 spiro atoms. The number of carbonyl (C=O) groups excluding carboxylic acids is 2. The average Bonchev–Trinajstić information content (AvgIpc) is 2.91. The largest absolute Gasteiger partial charge is 0.462 e. The van der Waals surface area contributed by atoms with Gasteiger partial charge in [-0.2, -0.15) is 5.26 Å². The van der Waals surface area contributed by atoms with E-state index in [0.29, 0.717) is 25.4 Å². The highest BCUT2D eigenvalue weighted by Gasteiger charge is 2.22. The molecular weight excluding hydrogens is 412 g/mol. The fraction of sp³-hybridized carbons (Fsp3) is 0.235. The molecule has 0 unspecified atom stereocenters. The molecular formula is C17H15ClN2O3S3. The Bertz CT molecular complexity index is 844. The van der Waals surface area contributed by atoms with Gasteiger partial charge in [0.1, 0.15) is 15.3 Å². The number of hydrogen-bond acceptors (Lipinski definition) is 7. The van der Waals surface area contributed by atoms with E-state index < -0.39 is 5.97 Å². The lowest BCUT2D eigenvalue weighted by molar-refractivity contribution is -0.113. The van der Waals surface area contributed by atoms with Crippen molar-refractivity contribution in [2.45, 2.75) is 23.6 Å². The predicted molar refractivity (Wildman–Crippen MR) is 107 cm³/mol. The van der Waals surface area contributed by atoms with Gasteiger partial charge in [0.2, 0.25) is 5.91 Å². The van der Waals surface area contributed by atoms with Gasteiger partial charge in [0.05, 0.1) is 17.3 Å². The van der Waals surface area contributed by atoms with Crippen molar-refractivity contribution in [2.24, 2.45) is 0 Å². The Morgan fingerprint density at radius 1 is 1.35 bits per heavy atom. The van der Waals surface area contributed by atoms with Crippen molar-refractivity contribution in [3.05, 3.63) is 39.7 Å². The van der Waals surface area contributed by atoms with Gasteiger partial charge in [-0.1, -0.05) is 11.6 Å². The fourth-order valence-electron chi connectivity index (χ4n) is 1.98. The molecule has 1 aromatic carbocycles. The third-order valence-electron chi connectivity index (χ3n) is 3.14. The van der Waals surface area contributed by atoms with Crippen LogP contribution in [-0.2, 0) is 9.53 Å². The summed E-state index contributed by atoms with van der Waals surface area (Å²) < 4.78 is 5.03. The summed E-state index contributed by atoms with van der Waals surface area (Å²) in [4.78, 5) is 26.2. The van der Waals surface area contributed by atoms with Crippen molar-refractivity contribution >= 4 is 63.3 Å². The van der Waals surface area contributed by atoms with Crippen LogP contribution in [0.25, 0.3) is 0 Å². The number of thioether (sulfide) groups is 2. The Labute approximate surface area is 169 Å². The zero-order valence-corrected chi connectivity index (χ0v) is 17.2. The molecule has 0 atom stereocenters. The Hall–Kier alpha value is -1.66. The van der Waals surface area contributed by atoms with Crippen LogP contribution in [0.2, 0.25) is 5.02 Å². The molecule has 2 rings (SSSR count). The standard InChI is InChI=1S/C17H15ClN2O3S3/c1-3-23-17(22)15-10(2)14(25-9-19)16(26-15)20-13(21)8-24-12-6-4-11(18)5-7-12/h4-7H,3,8H2,1-2H3,(H,20,21). The van der Waals surface area contributed by atoms with Crippen LogP contribution < -0.4 is 5.32 Å². The predicted octanol–water partition coefficient (Wildman–Crippen LogP) is 5.19. The third-order valence-corrected chi connectivity index (χ3v) is 6.52. The van der Waals surface area contributed by atoms with Crippen LogP contribution in [0.3, 0.4) is 0 Å². The number of thiocyanates is 1. The molecule has 9 heteroatoms. The number of ether oxygens (including phenoxy) is 1. The summed E-state index contributed by atoms with van der Waals surface area (Å²) in [5, 5.41) is 14.9. The van der Waals surface area contributed by atoms with Gasteiger partial charge in [0.15, 0.2) is 0 Å². The van der Waals surface area contributed by atoms with E-state index in [1.165, 1.54) is 11.8 Å². The first-order valence-corrected chi connectivity index (χ1v) is 10.5. The topological polar surface area (TPSA) is 79.2 Å². The van der Waals surface area contributed by atoms with Crippen molar-refractivity contribution in [1.29, 1.82) is 5.26 Å². The molecule has 1 amide bonds. The molecule has 0 aliphatic carbocycles. The van der Waals surface area contributed by atoms with E-state index in [9.17, 15) is 9.59 Å². The summed E-state index contributed by atoms with van der Waals surface area (Å²) in [5.41, 5.74) is 0.639. The SMILES string of the molecule is CCOC(=O)c1sc(NC(=O)CSc2ccc(Cl)cc2)c(SC#N)c1C. The van der Waals surface area contributed by atoms with Crippen molar-refractivity contribution in [1.82, 2.24) is 0 Å². The molecule has 0 saturated heterocycles. The van der Waals surface area contributed by atoms with Gasteiger partial charge in [0.25, 0.3) is 0 Å². The number of nitrogens with zero attached hydrogens (tertiary/aromatic N) is 1. The summed E-state index contributed by atoms with van der Waals surface area (Å²) in [6, 6.07) is 7.20. The van der Waals surface area contributed by atoms with Crippen molar-refractivity contribution < 1.29 is 14.3 Å². The van der Waals surface area contributed by atoms with E-state index in [1.807, 2.05) is 17.5 Å². The average molecular weight is 427 g/mol. The van der Waals surface area contributed by atoms with Crippen molar-refractivity contribution in [3.63, 3.8) is 0 Å². The van der Waals surface area contributed by atoms with Gasteiger partial charge < -0.3 is 10.1 Å². The van der Waals surface area contributed by atoms with E-state index in [2.05, 4.69) is 5.32 Å². The number of amides is 1. The molecule has 0 saturated carbocycles. The number of nitriles is 1. The highest BCUT2D eigenvalue weighted by Crippen LogP contribution is 2.40. The minimum Gasteiger partial charge on any atom is -0.462 e.